The Bertz CT molecular complexity index is 645. The van der Waals surface area contributed by atoms with Gasteiger partial charge >= 0.3 is 0 Å². The van der Waals surface area contributed by atoms with Crippen molar-refractivity contribution in [2.45, 2.75) is 26.4 Å². The number of primary amides is 1. The summed E-state index contributed by atoms with van der Waals surface area (Å²) in [5, 5.41) is 0. The van der Waals surface area contributed by atoms with E-state index >= 15 is 0 Å². The van der Waals surface area contributed by atoms with Gasteiger partial charge in [0.25, 0.3) is 0 Å². The van der Waals surface area contributed by atoms with E-state index in [0.717, 1.165) is 23.3 Å². The van der Waals surface area contributed by atoms with Crippen LogP contribution in [0.3, 0.4) is 0 Å². The van der Waals surface area contributed by atoms with Gasteiger partial charge in [-0.25, -0.2) is 0 Å². The summed E-state index contributed by atoms with van der Waals surface area (Å²) in [7, 11) is 0. The first-order valence-electron chi connectivity index (χ1n) is 7.14. The second-order valence-electron chi connectivity index (χ2n) is 5.20. The van der Waals surface area contributed by atoms with Crippen LogP contribution in [0, 0.1) is 0 Å². The van der Waals surface area contributed by atoms with Crippen molar-refractivity contribution in [2.75, 3.05) is 0 Å². The number of ether oxygens (including phenoxy) is 1. The molecule has 0 bridgehead atoms. The number of amides is 1. The number of hydrogen-bond donors (Lipinski definition) is 1. The number of aryl methyl sites for hydroxylation is 1. The second-order valence-corrected chi connectivity index (χ2v) is 5.20. The number of ketones is 1. The van der Waals surface area contributed by atoms with Gasteiger partial charge in [-0.05, 0) is 48.7 Å². The average Bonchev–Trinajstić information content (AvgIpc) is 2.52. The van der Waals surface area contributed by atoms with Crippen LogP contribution in [0.1, 0.15) is 34.8 Å². The molecule has 1 amide bonds. The molecule has 4 nitrogen and oxygen atoms in total. The van der Waals surface area contributed by atoms with Crippen LogP contribution in [0.15, 0.2) is 48.5 Å². The molecule has 0 saturated heterocycles. The Balaban J connectivity index is 1.88. The molecule has 0 heterocycles. The van der Waals surface area contributed by atoms with Crippen molar-refractivity contribution in [3.05, 3.63) is 65.2 Å². The van der Waals surface area contributed by atoms with Crippen LogP contribution >= 0.6 is 0 Å². The lowest BCUT2D eigenvalue weighted by atomic mass is 10.1. The van der Waals surface area contributed by atoms with Crippen molar-refractivity contribution in [1.82, 2.24) is 0 Å². The molecule has 0 saturated carbocycles. The van der Waals surface area contributed by atoms with Crippen LogP contribution < -0.4 is 10.5 Å². The van der Waals surface area contributed by atoms with E-state index < -0.39 is 5.91 Å². The fourth-order valence-electron chi connectivity index (χ4n) is 2.00. The third-order valence-electron chi connectivity index (χ3n) is 3.33. The van der Waals surface area contributed by atoms with E-state index in [2.05, 4.69) is 0 Å². The van der Waals surface area contributed by atoms with Gasteiger partial charge in [0, 0.05) is 12.0 Å². The molecule has 0 spiro atoms. The first kappa shape index (κ1) is 15.8. The van der Waals surface area contributed by atoms with Crippen molar-refractivity contribution in [3.63, 3.8) is 0 Å². The van der Waals surface area contributed by atoms with E-state index in [1.807, 2.05) is 36.4 Å². The molecule has 2 N–H and O–H groups in total. The Kier molecular flexibility index (Phi) is 5.31. The predicted octanol–water partition coefficient (Wildman–Crippen LogP) is 2.89. The van der Waals surface area contributed by atoms with Gasteiger partial charge in [0.2, 0.25) is 5.91 Å². The Morgan fingerprint density at radius 1 is 0.955 bits per heavy atom. The van der Waals surface area contributed by atoms with Gasteiger partial charge in [-0.2, -0.15) is 0 Å². The minimum atomic E-state index is -0.436. The van der Waals surface area contributed by atoms with Crippen molar-refractivity contribution < 1.29 is 14.3 Å². The standard InChI is InChI=1S/C18H19NO3/c1-13(20)2-3-14-6-10-17(11-7-14)22-12-15-4-8-16(9-5-15)18(19)21/h4-11H,2-3,12H2,1H3,(H2,19,21). The van der Waals surface area contributed by atoms with Gasteiger partial charge in [0.05, 0.1) is 0 Å². The van der Waals surface area contributed by atoms with Gasteiger partial charge < -0.3 is 15.3 Å². The minimum absolute atomic E-state index is 0.194. The third-order valence-corrected chi connectivity index (χ3v) is 3.33. The zero-order valence-electron chi connectivity index (χ0n) is 12.5. The SMILES string of the molecule is CC(=O)CCc1ccc(OCc2ccc(C(N)=O)cc2)cc1. The molecule has 22 heavy (non-hydrogen) atoms. The third kappa shape index (κ3) is 4.74. The van der Waals surface area contributed by atoms with Crippen LogP contribution in [0.25, 0.3) is 0 Å². The fraction of sp³-hybridized carbons (Fsp3) is 0.222. The monoisotopic (exact) mass is 297 g/mol. The Morgan fingerprint density at radius 3 is 2.09 bits per heavy atom. The lowest BCUT2D eigenvalue weighted by Gasteiger charge is -2.07. The van der Waals surface area contributed by atoms with Crippen molar-refractivity contribution in [2.24, 2.45) is 5.73 Å². The lowest BCUT2D eigenvalue weighted by Crippen LogP contribution is -2.10. The van der Waals surface area contributed by atoms with E-state index in [1.54, 1.807) is 19.1 Å². The molecule has 0 fully saturated rings. The van der Waals surface area contributed by atoms with Crippen molar-refractivity contribution >= 4 is 11.7 Å². The second kappa shape index (κ2) is 7.41. The normalized spacial score (nSPS) is 10.2. The van der Waals surface area contributed by atoms with Gasteiger partial charge in [0.15, 0.2) is 0 Å². The molecule has 0 aliphatic rings. The first-order chi connectivity index (χ1) is 10.5. The number of Topliss-reactive ketones (excluding diaryl/α,β-unsaturated/α-hetero) is 1. The topological polar surface area (TPSA) is 69.4 Å². The summed E-state index contributed by atoms with van der Waals surface area (Å²) in [5.41, 5.74) is 7.76. The summed E-state index contributed by atoms with van der Waals surface area (Å²) < 4.78 is 5.69. The first-order valence-corrected chi connectivity index (χ1v) is 7.14. The Morgan fingerprint density at radius 2 is 1.55 bits per heavy atom. The van der Waals surface area contributed by atoms with Gasteiger partial charge in [0.1, 0.15) is 18.1 Å². The fourth-order valence-corrected chi connectivity index (χ4v) is 2.00. The molecular weight excluding hydrogens is 278 g/mol. The van der Waals surface area contributed by atoms with Crippen LogP contribution in [0.2, 0.25) is 0 Å². The zero-order chi connectivity index (χ0) is 15.9. The smallest absolute Gasteiger partial charge is 0.248 e. The van der Waals surface area contributed by atoms with Crippen LogP contribution in [0.4, 0.5) is 0 Å². The highest BCUT2D eigenvalue weighted by molar-refractivity contribution is 5.92. The summed E-state index contributed by atoms with van der Waals surface area (Å²) in [5.74, 6) is 0.527. The Hall–Kier alpha value is -2.62. The highest BCUT2D eigenvalue weighted by Crippen LogP contribution is 2.15. The number of carbonyl (C=O) groups is 2. The van der Waals surface area contributed by atoms with E-state index in [4.69, 9.17) is 10.5 Å². The van der Waals surface area contributed by atoms with Crippen LogP contribution in [0.5, 0.6) is 5.75 Å². The average molecular weight is 297 g/mol. The molecule has 0 aliphatic carbocycles. The largest absolute Gasteiger partial charge is 0.489 e. The van der Waals surface area contributed by atoms with Crippen LogP contribution in [-0.4, -0.2) is 11.7 Å². The maximum Gasteiger partial charge on any atom is 0.248 e. The number of benzene rings is 2. The predicted molar refractivity (Wildman–Crippen MR) is 84.7 cm³/mol. The summed E-state index contributed by atoms with van der Waals surface area (Å²) in [6.45, 7) is 2.02. The number of carbonyl (C=O) groups excluding carboxylic acids is 2. The minimum Gasteiger partial charge on any atom is -0.489 e. The van der Waals surface area contributed by atoms with Gasteiger partial charge in [-0.15, -0.1) is 0 Å². The molecule has 0 aromatic heterocycles. The molecule has 114 valence electrons. The molecular formula is C18H19NO3. The van der Waals surface area contributed by atoms with Gasteiger partial charge in [-0.3, -0.25) is 4.79 Å². The quantitative estimate of drug-likeness (QED) is 0.854. The van der Waals surface area contributed by atoms with E-state index in [1.165, 1.54) is 0 Å². The zero-order valence-corrected chi connectivity index (χ0v) is 12.5. The molecule has 2 aromatic rings. The number of nitrogens with two attached hydrogens (primary N) is 1. The summed E-state index contributed by atoms with van der Waals surface area (Å²) in [6, 6.07) is 14.7. The molecule has 0 radical (unpaired) electrons. The number of rotatable bonds is 7. The molecule has 2 rings (SSSR count). The lowest BCUT2D eigenvalue weighted by molar-refractivity contribution is -0.116. The van der Waals surface area contributed by atoms with E-state index in [-0.39, 0.29) is 5.78 Å². The number of hydrogen-bond acceptors (Lipinski definition) is 3. The molecule has 4 heteroatoms. The van der Waals surface area contributed by atoms with Crippen molar-refractivity contribution in [3.8, 4) is 5.75 Å². The molecule has 0 aliphatic heterocycles. The summed E-state index contributed by atoms with van der Waals surface area (Å²) in [6.07, 6.45) is 1.32. The van der Waals surface area contributed by atoms with E-state index in [9.17, 15) is 9.59 Å². The Labute approximate surface area is 129 Å². The van der Waals surface area contributed by atoms with Gasteiger partial charge in [-0.1, -0.05) is 24.3 Å². The highest BCUT2D eigenvalue weighted by atomic mass is 16.5. The molecule has 0 atom stereocenters. The summed E-state index contributed by atoms with van der Waals surface area (Å²) in [4.78, 5) is 21.9. The maximum atomic E-state index is 11.0. The maximum absolute atomic E-state index is 11.0. The van der Waals surface area contributed by atoms with Crippen LogP contribution in [-0.2, 0) is 17.8 Å². The molecule has 0 unspecified atom stereocenters. The summed E-state index contributed by atoms with van der Waals surface area (Å²) >= 11 is 0. The molecule has 2 aromatic carbocycles. The van der Waals surface area contributed by atoms with Crippen molar-refractivity contribution in [1.29, 1.82) is 0 Å². The van der Waals surface area contributed by atoms with E-state index in [0.29, 0.717) is 18.6 Å². The highest BCUT2D eigenvalue weighted by Gasteiger charge is 2.01.